The Morgan fingerprint density at radius 3 is 2.47 bits per heavy atom. The standard InChI is InChI=1S/C31H34N2O2.ClH/c1-3-4-7-20-35-29-17-14-24(21-30(29)34-2)11-10-23-12-15-25(16-13-23)28-22-26-8-5-6-9-27(26)31-32-18-19-33(28)31;/h5-6,8-9,12-17,21-22H,3-4,7,10-11,18-20H2,1-2H3;1H. The van der Waals surface area contributed by atoms with E-state index in [-0.39, 0.29) is 12.4 Å². The lowest BCUT2D eigenvalue weighted by Crippen LogP contribution is -2.30. The van der Waals surface area contributed by atoms with Crippen molar-refractivity contribution in [2.24, 2.45) is 4.99 Å². The third-order valence-electron chi connectivity index (χ3n) is 6.81. The van der Waals surface area contributed by atoms with Crippen LogP contribution in [0.4, 0.5) is 0 Å². The summed E-state index contributed by atoms with van der Waals surface area (Å²) in [5, 5.41) is 0. The second-order valence-electron chi connectivity index (χ2n) is 9.21. The molecule has 0 spiro atoms. The molecule has 0 fully saturated rings. The van der Waals surface area contributed by atoms with Crippen LogP contribution in [0.2, 0.25) is 0 Å². The number of nitrogens with zero attached hydrogens (tertiary/aromatic N) is 2. The Balaban J connectivity index is 0.00000304. The molecule has 0 unspecified atom stereocenters. The van der Waals surface area contributed by atoms with Gasteiger partial charge >= 0.3 is 0 Å². The van der Waals surface area contributed by atoms with Crippen LogP contribution in [0.1, 0.15) is 54.0 Å². The van der Waals surface area contributed by atoms with Crippen LogP contribution >= 0.6 is 12.4 Å². The molecule has 0 aromatic heterocycles. The second-order valence-corrected chi connectivity index (χ2v) is 9.21. The maximum Gasteiger partial charge on any atom is 0.161 e. The average molecular weight is 503 g/mol. The van der Waals surface area contributed by atoms with E-state index in [0.717, 1.165) is 56.3 Å². The molecule has 0 saturated carbocycles. The van der Waals surface area contributed by atoms with Gasteiger partial charge in [0, 0.05) is 12.1 Å². The number of fused-ring (bicyclic) bond motifs is 3. The number of amidine groups is 1. The van der Waals surface area contributed by atoms with E-state index >= 15 is 0 Å². The van der Waals surface area contributed by atoms with Gasteiger partial charge in [0.05, 0.1) is 26.0 Å². The number of rotatable bonds is 10. The van der Waals surface area contributed by atoms with Gasteiger partial charge in [-0.2, -0.15) is 0 Å². The summed E-state index contributed by atoms with van der Waals surface area (Å²) < 4.78 is 11.5. The lowest BCUT2D eigenvalue weighted by molar-refractivity contribution is 0.286. The molecule has 0 N–H and O–H groups in total. The Labute approximate surface area is 221 Å². The number of aryl methyl sites for hydroxylation is 2. The zero-order valence-electron chi connectivity index (χ0n) is 21.2. The van der Waals surface area contributed by atoms with Crippen molar-refractivity contribution < 1.29 is 9.47 Å². The summed E-state index contributed by atoms with van der Waals surface area (Å²) >= 11 is 0. The number of hydrogen-bond donors (Lipinski definition) is 0. The molecule has 5 rings (SSSR count). The average Bonchev–Trinajstić information content (AvgIpc) is 3.41. The largest absolute Gasteiger partial charge is 0.493 e. The minimum Gasteiger partial charge on any atom is -0.493 e. The number of benzene rings is 3. The fraction of sp³-hybridized carbons (Fsp3) is 0.323. The Morgan fingerprint density at radius 2 is 1.67 bits per heavy atom. The number of unbranched alkanes of at least 4 members (excludes halogenated alkanes) is 2. The van der Waals surface area contributed by atoms with Crippen LogP contribution in [0, 0.1) is 0 Å². The minimum atomic E-state index is 0. The smallest absolute Gasteiger partial charge is 0.161 e. The molecule has 3 aromatic rings. The van der Waals surface area contributed by atoms with Gasteiger partial charge < -0.3 is 14.4 Å². The van der Waals surface area contributed by atoms with E-state index in [2.05, 4.69) is 78.6 Å². The van der Waals surface area contributed by atoms with Crippen LogP contribution in [0.15, 0.2) is 71.7 Å². The number of halogens is 1. The predicted octanol–water partition coefficient (Wildman–Crippen LogP) is 7.05. The summed E-state index contributed by atoms with van der Waals surface area (Å²) in [7, 11) is 1.71. The molecular formula is C31H35ClN2O2. The van der Waals surface area contributed by atoms with Crippen LogP contribution in [0.3, 0.4) is 0 Å². The van der Waals surface area contributed by atoms with Crippen molar-refractivity contribution in [1.82, 2.24) is 4.90 Å². The molecule has 4 nitrogen and oxygen atoms in total. The molecule has 3 aromatic carbocycles. The van der Waals surface area contributed by atoms with E-state index in [9.17, 15) is 0 Å². The first-order chi connectivity index (χ1) is 17.3. The van der Waals surface area contributed by atoms with Crippen molar-refractivity contribution in [3.63, 3.8) is 0 Å². The monoisotopic (exact) mass is 502 g/mol. The van der Waals surface area contributed by atoms with Gasteiger partial charge in [-0.3, -0.25) is 4.99 Å². The number of hydrogen-bond acceptors (Lipinski definition) is 4. The van der Waals surface area contributed by atoms with Gasteiger partial charge in [0.15, 0.2) is 11.5 Å². The molecule has 0 atom stereocenters. The fourth-order valence-corrected chi connectivity index (χ4v) is 4.85. The first-order valence-corrected chi connectivity index (χ1v) is 12.8. The Kier molecular flexibility index (Phi) is 8.71. The van der Waals surface area contributed by atoms with Crippen molar-refractivity contribution in [3.8, 4) is 11.5 Å². The maximum atomic E-state index is 5.93. The summed E-state index contributed by atoms with van der Waals surface area (Å²) in [4.78, 5) is 7.14. The number of methoxy groups -OCH3 is 1. The third kappa shape index (κ3) is 5.60. The van der Waals surface area contributed by atoms with Crippen LogP contribution in [-0.2, 0) is 12.8 Å². The molecule has 2 aliphatic rings. The highest BCUT2D eigenvalue weighted by atomic mass is 35.5. The molecule has 0 aliphatic carbocycles. The van der Waals surface area contributed by atoms with Gasteiger partial charge in [0.1, 0.15) is 5.84 Å². The first-order valence-electron chi connectivity index (χ1n) is 12.8. The minimum absolute atomic E-state index is 0. The number of ether oxygens (including phenoxy) is 2. The van der Waals surface area contributed by atoms with Crippen LogP contribution in [0.25, 0.3) is 11.8 Å². The normalized spacial score (nSPS) is 13.8. The van der Waals surface area contributed by atoms with E-state index in [1.807, 2.05) is 6.07 Å². The summed E-state index contributed by atoms with van der Waals surface area (Å²) in [6.07, 6.45) is 7.71. The Hall–Kier alpha value is -3.24. The van der Waals surface area contributed by atoms with Crippen molar-refractivity contribution in [2.75, 3.05) is 26.8 Å². The van der Waals surface area contributed by atoms with E-state index in [1.54, 1.807) is 7.11 Å². The van der Waals surface area contributed by atoms with Crippen molar-refractivity contribution in [1.29, 1.82) is 0 Å². The molecule has 188 valence electrons. The van der Waals surface area contributed by atoms with E-state index in [4.69, 9.17) is 14.5 Å². The lowest BCUT2D eigenvalue weighted by Gasteiger charge is -2.29. The molecule has 2 aliphatic heterocycles. The number of aliphatic imine (C=N–C) groups is 1. The third-order valence-corrected chi connectivity index (χ3v) is 6.81. The van der Waals surface area contributed by atoms with Crippen molar-refractivity contribution in [3.05, 3.63) is 94.5 Å². The van der Waals surface area contributed by atoms with Gasteiger partial charge in [-0.25, -0.2) is 0 Å². The highest BCUT2D eigenvalue weighted by Crippen LogP contribution is 2.33. The molecule has 0 radical (unpaired) electrons. The van der Waals surface area contributed by atoms with Gasteiger partial charge in [-0.05, 0) is 59.7 Å². The molecule has 2 heterocycles. The van der Waals surface area contributed by atoms with Crippen molar-refractivity contribution >= 4 is 30.0 Å². The van der Waals surface area contributed by atoms with Crippen molar-refractivity contribution in [2.45, 2.75) is 39.0 Å². The summed E-state index contributed by atoms with van der Waals surface area (Å²) in [6.45, 7) is 4.73. The topological polar surface area (TPSA) is 34.1 Å². The van der Waals surface area contributed by atoms with E-state index in [1.165, 1.54) is 46.4 Å². The summed E-state index contributed by atoms with van der Waals surface area (Å²) in [6, 6.07) is 23.9. The summed E-state index contributed by atoms with van der Waals surface area (Å²) in [5.41, 5.74) is 7.55. The quantitative estimate of drug-likeness (QED) is 0.279. The maximum absolute atomic E-state index is 5.93. The highest BCUT2D eigenvalue weighted by molar-refractivity contribution is 6.12. The first kappa shape index (κ1) is 25.8. The molecule has 0 amide bonds. The molecular weight excluding hydrogens is 468 g/mol. The second kappa shape index (κ2) is 12.1. The zero-order valence-corrected chi connectivity index (χ0v) is 22.0. The zero-order chi connectivity index (χ0) is 24.0. The fourth-order valence-electron chi connectivity index (χ4n) is 4.85. The Morgan fingerprint density at radius 1 is 0.889 bits per heavy atom. The SMILES string of the molecule is CCCCCOc1ccc(CCc2ccc(C3=Cc4ccccc4C4=NCCN34)cc2)cc1OC.Cl. The highest BCUT2D eigenvalue weighted by Gasteiger charge is 2.28. The molecule has 0 saturated heterocycles. The lowest BCUT2D eigenvalue weighted by atomic mass is 9.96. The van der Waals surface area contributed by atoms with Gasteiger partial charge in [-0.15, -0.1) is 12.4 Å². The molecule has 0 bridgehead atoms. The van der Waals surface area contributed by atoms with Crippen LogP contribution in [-0.4, -0.2) is 37.5 Å². The van der Waals surface area contributed by atoms with Crippen LogP contribution in [0.5, 0.6) is 11.5 Å². The molecule has 36 heavy (non-hydrogen) atoms. The summed E-state index contributed by atoms with van der Waals surface area (Å²) in [5.74, 6) is 2.76. The van der Waals surface area contributed by atoms with E-state index < -0.39 is 0 Å². The molecule has 5 heteroatoms. The van der Waals surface area contributed by atoms with Gasteiger partial charge in [-0.1, -0.05) is 74.4 Å². The Bertz CT molecular complexity index is 1230. The van der Waals surface area contributed by atoms with Crippen LogP contribution < -0.4 is 9.47 Å². The van der Waals surface area contributed by atoms with Gasteiger partial charge in [0.25, 0.3) is 0 Å². The van der Waals surface area contributed by atoms with Gasteiger partial charge in [0.2, 0.25) is 0 Å². The predicted molar refractivity (Wildman–Crippen MR) is 152 cm³/mol. The van der Waals surface area contributed by atoms with E-state index in [0.29, 0.717) is 0 Å².